The van der Waals surface area contributed by atoms with Gasteiger partial charge in [0.15, 0.2) is 11.5 Å². The van der Waals surface area contributed by atoms with Crippen LogP contribution in [-0.4, -0.2) is 106 Å². The highest BCUT2D eigenvalue weighted by atomic mass is 35.5. The molecule has 1 saturated carbocycles. The molecule has 6 aromatic heterocycles. The van der Waals surface area contributed by atoms with E-state index in [1.54, 1.807) is 68.2 Å². The molecule has 7 rings (SSSR count). The van der Waals surface area contributed by atoms with Gasteiger partial charge >= 0.3 is 6.18 Å². The van der Waals surface area contributed by atoms with Gasteiger partial charge in [0.25, 0.3) is 17.7 Å². The first-order valence-corrected chi connectivity index (χ1v) is 23.6. The number of amides is 3. The summed E-state index contributed by atoms with van der Waals surface area (Å²) in [5.74, 6) is 15.3. The molecular formula is C55H50Cl3F4N9O3. The smallest absolute Gasteiger partial charge is 0.336 e. The van der Waals surface area contributed by atoms with E-state index < -0.39 is 34.9 Å². The Morgan fingerprint density at radius 3 is 1.26 bits per heavy atom. The highest BCUT2D eigenvalue weighted by molar-refractivity contribution is 6.31. The molecule has 74 heavy (non-hydrogen) atoms. The van der Waals surface area contributed by atoms with Crippen LogP contribution in [0.1, 0.15) is 125 Å². The lowest BCUT2D eigenvalue weighted by Gasteiger charge is -2.32. The maximum Gasteiger partial charge on any atom is 0.411 e. The fourth-order valence-corrected chi connectivity index (χ4v) is 6.74. The number of alkyl halides is 3. The standard InChI is InChI=1S/C19H20ClN3O.C18H13ClF3N3O.C18H17ClFN3O/c1-13-8-14(6-7-15-9-16(20)12-21-10-15)11-22-17(13)18(24)23(5)19(2,3)4;1-25(17(6-7-17)18(20,21)22)16(26)15-5-4-12(10-24-15)2-3-13-8-14(19)11-23-9-13;1-18(2,3)23(4)17(24)16-15(20)8-13(10-22-16)6-5-12-7-14(19)11-21-9-12/h8-12H,1-5H3;4-5,8-11H,6-7H2,1H3;7-11H,1-4H3. The first-order chi connectivity index (χ1) is 34.6. The van der Waals surface area contributed by atoms with Gasteiger partial charge in [-0.25, -0.2) is 19.3 Å². The first kappa shape index (κ1) is 57.5. The minimum Gasteiger partial charge on any atom is -0.336 e. The number of hydrogen-bond donors (Lipinski definition) is 0. The van der Waals surface area contributed by atoms with E-state index in [1.807, 2.05) is 54.5 Å². The minimum atomic E-state index is -4.45. The van der Waals surface area contributed by atoms with Crippen molar-refractivity contribution in [2.24, 2.45) is 0 Å². The summed E-state index contributed by atoms with van der Waals surface area (Å²) in [6.07, 6.45) is 9.00. The van der Waals surface area contributed by atoms with Crippen molar-refractivity contribution >= 4 is 52.5 Å². The zero-order chi connectivity index (χ0) is 54.8. The van der Waals surface area contributed by atoms with Crippen LogP contribution >= 0.6 is 34.8 Å². The number of pyridine rings is 6. The Balaban J connectivity index is 0.000000206. The molecule has 1 fully saturated rings. The molecule has 1 aliphatic carbocycles. The van der Waals surface area contributed by atoms with Gasteiger partial charge in [-0.3, -0.25) is 29.3 Å². The summed E-state index contributed by atoms with van der Waals surface area (Å²) in [4.78, 5) is 65.0. The minimum absolute atomic E-state index is 0.0574. The van der Waals surface area contributed by atoms with E-state index in [0.29, 0.717) is 43.0 Å². The molecule has 12 nitrogen and oxygen atoms in total. The zero-order valence-corrected chi connectivity index (χ0v) is 44.3. The van der Waals surface area contributed by atoms with Crippen LogP contribution in [0.5, 0.6) is 0 Å². The molecule has 1 aliphatic rings. The molecule has 0 spiro atoms. The second-order valence-corrected chi connectivity index (χ2v) is 20.1. The first-order valence-electron chi connectivity index (χ1n) is 22.5. The van der Waals surface area contributed by atoms with Crippen molar-refractivity contribution in [1.82, 2.24) is 44.6 Å². The number of carbonyl (C=O) groups excluding carboxylic acids is 3. The number of hydrogen-bond acceptors (Lipinski definition) is 9. The molecule has 6 aromatic rings. The summed E-state index contributed by atoms with van der Waals surface area (Å²) in [7, 11) is 4.55. The number of carbonyl (C=O) groups is 3. The molecule has 6 heterocycles. The Morgan fingerprint density at radius 1 is 0.527 bits per heavy atom. The molecule has 0 aliphatic heterocycles. The molecule has 0 radical (unpaired) electrons. The van der Waals surface area contributed by atoms with Crippen LogP contribution in [-0.2, 0) is 0 Å². The topological polar surface area (TPSA) is 138 Å². The van der Waals surface area contributed by atoms with E-state index in [-0.39, 0.29) is 35.7 Å². The van der Waals surface area contributed by atoms with E-state index >= 15 is 0 Å². The lowest BCUT2D eigenvalue weighted by atomic mass is 10.0. The van der Waals surface area contributed by atoms with E-state index in [2.05, 4.69) is 65.4 Å². The number of halogens is 7. The molecular weight excluding hydrogens is 1020 g/mol. The highest BCUT2D eigenvalue weighted by Gasteiger charge is 2.67. The lowest BCUT2D eigenvalue weighted by molar-refractivity contribution is -0.185. The summed E-state index contributed by atoms with van der Waals surface area (Å²) in [6.45, 7) is 13.4. The summed E-state index contributed by atoms with van der Waals surface area (Å²) in [5.41, 5.74) is 1.78. The van der Waals surface area contributed by atoms with Crippen molar-refractivity contribution in [3.05, 3.63) is 175 Å². The van der Waals surface area contributed by atoms with Gasteiger partial charge in [-0.1, -0.05) is 70.3 Å². The Kier molecular flexibility index (Phi) is 18.7. The van der Waals surface area contributed by atoms with Crippen LogP contribution in [0, 0.1) is 48.3 Å². The predicted molar refractivity (Wildman–Crippen MR) is 277 cm³/mol. The average molecular weight is 1070 g/mol. The fraction of sp³-hybridized carbons (Fsp3) is 0.291. The second-order valence-electron chi connectivity index (χ2n) is 18.8. The van der Waals surface area contributed by atoms with E-state index in [4.69, 9.17) is 34.8 Å². The SMILES string of the molecule is CN(C(=O)c1ccc(C#Cc2cncc(Cl)c2)cn1)C1(C(F)(F)F)CC1.CN(C(=O)c1ncc(C#Cc2cncc(Cl)c2)cc1F)C(C)(C)C.Cc1cc(C#Cc2cncc(Cl)c2)cnc1C(=O)N(C)C(C)(C)C. The van der Waals surface area contributed by atoms with Crippen LogP contribution in [0.15, 0.2) is 98.2 Å². The van der Waals surface area contributed by atoms with Crippen LogP contribution in [0.3, 0.4) is 0 Å². The Morgan fingerprint density at radius 2 is 0.905 bits per heavy atom. The number of nitrogens with zero attached hydrogens (tertiary/aromatic N) is 9. The molecule has 0 saturated heterocycles. The Bertz CT molecular complexity index is 3110. The Labute approximate surface area is 442 Å². The van der Waals surface area contributed by atoms with Gasteiger partial charge in [-0.05, 0) is 109 Å². The van der Waals surface area contributed by atoms with Gasteiger partial charge in [-0.2, -0.15) is 13.2 Å². The monoisotopic (exact) mass is 1070 g/mol. The fourth-order valence-electron chi connectivity index (χ4n) is 6.22. The maximum atomic E-state index is 14.2. The molecule has 382 valence electrons. The normalized spacial score (nSPS) is 12.2. The van der Waals surface area contributed by atoms with E-state index in [1.165, 1.54) is 47.9 Å². The van der Waals surface area contributed by atoms with Crippen LogP contribution in [0.2, 0.25) is 15.1 Å². The van der Waals surface area contributed by atoms with E-state index in [0.717, 1.165) is 28.6 Å². The molecule has 0 N–H and O–H groups in total. The predicted octanol–water partition coefficient (Wildman–Crippen LogP) is 10.9. The zero-order valence-electron chi connectivity index (χ0n) is 42.0. The third kappa shape index (κ3) is 15.5. The van der Waals surface area contributed by atoms with Gasteiger partial charge in [-0.15, -0.1) is 0 Å². The van der Waals surface area contributed by atoms with Gasteiger partial charge < -0.3 is 14.7 Å². The van der Waals surface area contributed by atoms with Crippen molar-refractivity contribution in [3.8, 4) is 35.5 Å². The summed E-state index contributed by atoms with van der Waals surface area (Å²) >= 11 is 17.5. The summed E-state index contributed by atoms with van der Waals surface area (Å²) in [6, 6.07) is 11.0. The van der Waals surface area contributed by atoms with Gasteiger partial charge in [0.2, 0.25) is 0 Å². The molecule has 19 heteroatoms. The van der Waals surface area contributed by atoms with Gasteiger partial charge in [0.1, 0.15) is 16.9 Å². The van der Waals surface area contributed by atoms with E-state index in [9.17, 15) is 31.9 Å². The second kappa shape index (κ2) is 24.1. The lowest BCUT2D eigenvalue weighted by Crippen LogP contribution is -2.49. The van der Waals surface area contributed by atoms with Crippen molar-refractivity contribution in [1.29, 1.82) is 0 Å². The Hall–Kier alpha value is -7.42. The molecule has 3 amide bonds. The van der Waals surface area contributed by atoms with Gasteiger partial charge in [0, 0.05) is 121 Å². The third-order valence-corrected chi connectivity index (χ3v) is 11.9. The largest absolute Gasteiger partial charge is 0.411 e. The highest BCUT2D eigenvalue weighted by Crippen LogP contribution is 2.53. The van der Waals surface area contributed by atoms with Crippen LogP contribution in [0.4, 0.5) is 17.6 Å². The van der Waals surface area contributed by atoms with Gasteiger partial charge in [0.05, 0.1) is 15.1 Å². The molecule has 0 aromatic carbocycles. The van der Waals surface area contributed by atoms with Crippen molar-refractivity contribution in [3.63, 3.8) is 0 Å². The number of aromatic nitrogens is 6. The quantitative estimate of drug-likeness (QED) is 0.125. The summed E-state index contributed by atoms with van der Waals surface area (Å²) in [5, 5.41) is 1.47. The summed E-state index contributed by atoms with van der Waals surface area (Å²) < 4.78 is 53.6. The maximum absolute atomic E-state index is 14.2. The molecule has 0 atom stereocenters. The van der Waals surface area contributed by atoms with Crippen LogP contribution < -0.4 is 0 Å². The number of rotatable bonds is 4. The van der Waals surface area contributed by atoms with Crippen LogP contribution in [0.25, 0.3) is 0 Å². The van der Waals surface area contributed by atoms with Crippen molar-refractivity contribution in [2.45, 2.75) is 84.1 Å². The molecule has 0 bridgehead atoms. The third-order valence-electron chi connectivity index (χ3n) is 11.3. The number of aryl methyl sites for hydroxylation is 1. The molecule has 0 unspecified atom stereocenters. The van der Waals surface area contributed by atoms with Crippen molar-refractivity contribution < 1.29 is 31.9 Å². The van der Waals surface area contributed by atoms with Crippen molar-refractivity contribution in [2.75, 3.05) is 21.1 Å². The average Bonchev–Trinajstić information content (AvgIpc) is 4.17.